The van der Waals surface area contributed by atoms with Crippen LogP contribution in [-0.4, -0.2) is 14.0 Å². The van der Waals surface area contributed by atoms with Gasteiger partial charge in [-0.1, -0.05) is 12.1 Å². The molecule has 0 bridgehead atoms. The fourth-order valence-corrected chi connectivity index (χ4v) is 3.47. The van der Waals surface area contributed by atoms with Crippen molar-refractivity contribution >= 4 is 10.1 Å². The maximum Gasteiger partial charge on any atom is 0.339 e. The highest BCUT2D eigenvalue weighted by Crippen LogP contribution is 2.42. The van der Waals surface area contributed by atoms with Crippen LogP contribution >= 0.6 is 0 Å². The molecule has 0 saturated heterocycles. The van der Waals surface area contributed by atoms with E-state index in [1.807, 2.05) is 19.9 Å². The van der Waals surface area contributed by atoms with Gasteiger partial charge in [0.2, 0.25) is 0 Å². The number of benzene rings is 2. The minimum Gasteiger partial charge on any atom is -0.483 e. The van der Waals surface area contributed by atoms with E-state index in [0.29, 0.717) is 30.4 Å². The van der Waals surface area contributed by atoms with Crippen molar-refractivity contribution < 1.29 is 26.1 Å². The van der Waals surface area contributed by atoms with Crippen molar-refractivity contribution in [3.63, 3.8) is 0 Å². The van der Waals surface area contributed by atoms with Gasteiger partial charge in [-0.25, -0.2) is 8.78 Å². The number of halogens is 2. The number of rotatable bonds is 3. The monoisotopic (exact) mass is 340 g/mol. The summed E-state index contributed by atoms with van der Waals surface area (Å²) >= 11 is 0. The SMILES string of the molecule is CC1(C)Cc2cccc(OS(=O)(=O)c3cc(F)cc(F)c3)c2O1. The molecule has 0 amide bonds. The van der Waals surface area contributed by atoms with Gasteiger partial charge in [-0.2, -0.15) is 8.42 Å². The largest absolute Gasteiger partial charge is 0.483 e. The molecule has 122 valence electrons. The lowest BCUT2D eigenvalue weighted by molar-refractivity contribution is 0.136. The molecule has 2 aromatic carbocycles. The summed E-state index contributed by atoms with van der Waals surface area (Å²) in [7, 11) is -4.38. The normalized spacial score (nSPS) is 15.8. The third-order valence-corrected chi connectivity index (χ3v) is 4.59. The first kappa shape index (κ1) is 15.7. The van der Waals surface area contributed by atoms with Gasteiger partial charge in [-0.15, -0.1) is 0 Å². The molecule has 3 rings (SSSR count). The molecule has 1 heterocycles. The van der Waals surface area contributed by atoms with Crippen LogP contribution in [0.3, 0.4) is 0 Å². The second-order valence-electron chi connectivity index (χ2n) is 5.93. The van der Waals surface area contributed by atoms with Crippen LogP contribution in [-0.2, 0) is 16.5 Å². The van der Waals surface area contributed by atoms with E-state index >= 15 is 0 Å². The Labute approximate surface area is 132 Å². The second kappa shape index (κ2) is 5.19. The minimum atomic E-state index is -4.38. The van der Waals surface area contributed by atoms with Gasteiger partial charge in [0.1, 0.15) is 22.1 Å². The molecule has 0 saturated carbocycles. The topological polar surface area (TPSA) is 52.6 Å². The van der Waals surface area contributed by atoms with Gasteiger partial charge >= 0.3 is 10.1 Å². The van der Waals surface area contributed by atoms with Gasteiger partial charge in [-0.3, -0.25) is 0 Å². The lowest BCUT2D eigenvalue weighted by Crippen LogP contribution is -2.24. The molecule has 1 aliphatic heterocycles. The number of ether oxygens (including phenoxy) is 1. The van der Waals surface area contributed by atoms with Crippen molar-refractivity contribution in [1.29, 1.82) is 0 Å². The summed E-state index contributed by atoms with van der Waals surface area (Å²) in [6, 6.07) is 6.88. The fraction of sp³-hybridized carbons (Fsp3) is 0.250. The molecule has 23 heavy (non-hydrogen) atoms. The molecule has 0 aliphatic carbocycles. The number of fused-ring (bicyclic) bond motifs is 1. The molecule has 1 aliphatic rings. The van der Waals surface area contributed by atoms with Crippen LogP contribution in [0.5, 0.6) is 11.5 Å². The first-order valence-corrected chi connectivity index (χ1v) is 8.29. The molecular weight excluding hydrogens is 326 g/mol. The lowest BCUT2D eigenvalue weighted by Gasteiger charge is -2.18. The van der Waals surface area contributed by atoms with E-state index in [1.165, 1.54) is 6.07 Å². The Balaban J connectivity index is 1.98. The van der Waals surface area contributed by atoms with Crippen LogP contribution in [0.25, 0.3) is 0 Å². The van der Waals surface area contributed by atoms with E-state index in [2.05, 4.69) is 0 Å². The molecular formula is C16H14F2O4S. The van der Waals surface area contributed by atoms with Gasteiger partial charge in [0.15, 0.2) is 11.5 Å². The van der Waals surface area contributed by atoms with Crippen LogP contribution in [0.4, 0.5) is 8.78 Å². The Hall–Kier alpha value is -2.15. The quantitative estimate of drug-likeness (QED) is 0.803. The van der Waals surface area contributed by atoms with Crippen LogP contribution in [0.1, 0.15) is 19.4 Å². The number of para-hydroxylation sites is 1. The fourth-order valence-electron chi connectivity index (χ4n) is 2.49. The van der Waals surface area contributed by atoms with Crippen LogP contribution < -0.4 is 8.92 Å². The van der Waals surface area contributed by atoms with Crippen LogP contribution in [0.15, 0.2) is 41.3 Å². The standard InChI is InChI=1S/C16H14F2O4S/c1-16(2)9-10-4-3-5-14(15(10)21-16)22-23(19,20)13-7-11(17)6-12(18)8-13/h3-8H,9H2,1-2H3. The Morgan fingerprint density at radius 2 is 1.78 bits per heavy atom. The molecule has 0 fully saturated rings. The highest BCUT2D eigenvalue weighted by Gasteiger charge is 2.33. The molecule has 0 unspecified atom stereocenters. The Bertz CT molecular complexity index is 855. The highest BCUT2D eigenvalue weighted by molar-refractivity contribution is 7.87. The van der Waals surface area contributed by atoms with E-state index in [1.54, 1.807) is 6.07 Å². The Kier molecular flexibility index (Phi) is 3.55. The summed E-state index contributed by atoms with van der Waals surface area (Å²) in [5.74, 6) is -1.67. The predicted octanol–water partition coefficient (Wildman–Crippen LogP) is 3.45. The lowest BCUT2D eigenvalue weighted by atomic mass is 10.0. The Morgan fingerprint density at radius 1 is 1.13 bits per heavy atom. The molecule has 2 aromatic rings. The summed E-state index contributed by atoms with van der Waals surface area (Å²) in [6.07, 6.45) is 0.605. The highest BCUT2D eigenvalue weighted by atomic mass is 32.2. The van der Waals surface area contributed by atoms with Crippen molar-refractivity contribution in [3.05, 3.63) is 53.6 Å². The molecule has 7 heteroatoms. The van der Waals surface area contributed by atoms with E-state index in [-0.39, 0.29) is 5.75 Å². The van der Waals surface area contributed by atoms with Gasteiger partial charge in [0.05, 0.1) is 0 Å². The number of hydrogen-bond donors (Lipinski definition) is 0. The average Bonchev–Trinajstić information content (AvgIpc) is 2.72. The van der Waals surface area contributed by atoms with Crippen molar-refractivity contribution in [1.82, 2.24) is 0 Å². The van der Waals surface area contributed by atoms with Gasteiger partial charge in [0.25, 0.3) is 0 Å². The molecule has 0 atom stereocenters. The Morgan fingerprint density at radius 3 is 2.43 bits per heavy atom. The molecule has 0 radical (unpaired) electrons. The zero-order valence-corrected chi connectivity index (χ0v) is 13.3. The first-order valence-electron chi connectivity index (χ1n) is 6.88. The summed E-state index contributed by atoms with van der Waals surface area (Å²) in [4.78, 5) is -0.593. The second-order valence-corrected chi connectivity index (χ2v) is 7.47. The summed E-state index contributed by atoms with van der Waals surface area (Å²) < 4.78 is 61.7. The predicted molar refractivity (Wildman–Crippen MR) is 79.0 cm³/mol. The molecule has 0 N–H and O–H groups in total. The van der Waals surface area contributed by atoms with Crippen molar-refractivity contribution in [3.8, 4) is 11.5 Å². The van der Waals surface area contributed by atoms with E-state index in [9.17, 15) is 17.2 Å². The van der Waals surface area contributed by atoms with Crippen LogP contribution in [0.2, 0.25) is 0 Å². The minimum absolute atomic E-state index is 0.00209. The van der Waals surface area contributed by atoms with Gasteiger partial charge in [-0.05, 0) is 32.0 Å². The van der Waals surface area contributed by atoms with E-state index < -0.39 is 32.2 Å². The zero-order valence-electron chi connectivity index (χ0n) is 12.5. The van der Waals surface area contributed by atoms with Gasteiger partial charge in [0, 0.05) is 18.1 Å². The zero-order chi connectivity index (χ0) is 16.8. The molecule has 0 aromatic heterocycles. The summed E-state index contributed by atoms with van der Waals surface area (Å²) in [5.41, 5.74) is 0.337. The van der Waals surface area contributed by atoms with Gasteiger partial charge < -0.3 is 8.92 Å². The number of hydrogen-bond acceptors (Lipinski definition) is 4. The van der Waals surface area contributed by atoms with Crippen molar-refractivity contribution in [2.45, 2.75) is 30.8 Å². The molecule has 0 spiro atoms. The van der Waals surface area contributed by atoms with Crippen molar-refractivity contribution in [2.75, 3.05) is 0 Å². The van der Waals surface area contributed by atoms with E-state index in [0.717, 1.165) is 5.56 Å². The first-order chi connectivity index (χ1) is 10.7. The van der Waals surface area contributed by atoms with E-state index in [4.69, 9.17) is 8.92 Å². The summed E-state index contributed by atoms with van der Waals surface area (Å²) in [5, 5.41) is 0. The third kappa shape index (κ3) is 3.14. The van der Waals surface area contributed by atoms with Crippen LogP contribution in [0, 0.1) is 11.6 Å². The van der Waals surface area contributed by atoms with Crippen molar-refractivity contribution in [2.24, 2.45) is 0 Å². The maximum atomic E-state index is 13.2. The third-order valence-electron chi connectivity index (χ3n) is 3.38. The molecule has 4 nitrogen and oxygen atoms in total. The maximum absolute atomic E-state index is 13.2. The smallest absolute Gasteiger partial charge is 0.339 e. The summed E-state index contributed by atoms with van der Waals surface area (Å²) in [6.45, 7) is 3.74. The average molecular weight is 340 g/mol.